The zero-order valence-corrected chi connectivity index (χ0v) is 12.0. The number of carbonyl (C=O) groups excluding carboxylic acids is 1. The number of amides is 1. The molecule has 0 saturated heterocycles. The summed E-state index contributed by atoms with van der Waals surface area (Å²) in [4.78, 5) is 22.3. The van der Waals surface area contributed by atoms with Crippen LogP contribution in [-0.2, 0) is 0 Å². The van der Waals surface area contributed by atoms with E-state index in [0.717, 1.165) is 6.07 Å². The zero-order chi connectivity index (χ0) is 14.6. The monoisotopic (exact) mass is 304 g/mol. The van der Waals surface area contributed by atoms with Gasteiger partial charge in [-0.05, 0) is 25.0 Å². The Hall–Kier alpha value is -1.33. The lowest BCUT2D eigenvalue weighted by atomic mass is 10.1. The van der Waals surface area contributed by atoms with E-state index < -0.39 is 10.8 Å². The van der Waals surface area contributed by atoms with Crippen LogP contribution in [0.15, 0.2) is 18.2 Å². The van der Waals surface area contributed by atoms with Crippen molar-refractivity contribution in [2.24, 2.45) is 5.92 Å². The van der Waals surface area contributed by atoms with E-state index in [1.807, 2.05) is 6.92 Å². The largest absolute Gasteiger partial charge is 0.349 e. The van der Waals surface area contributed by atoms with Crippen LogP contribution >= 0.6 is 23.2 Å². The molecule has 0 bridgehead atoms. The number of alkyl halides is 1. The topological polar surface area (TPSA) is 72.2 Å². The molecule has 1 amide bonds. The van der Waals surface area contributed by atoms with Gasteiger partial charge in [0.15, 0.2) is 0 Å². The summed E-state index contributed by atoms with van der Waals surface area (Å²) in [5.41, 5.74) is -0.321. The van der Waals surface area contributed by atoms with Gasteiger partial charge in [0.05, 0.1) is 4.92 Å². The van der Waals surface area contributed by atoms with Crippen molar-refractivity contribution in [1.82, 2.24) is 5.32 Å². The van der Waals surface area contributed by atoms with Crippen molar-refractivity contribution in [2.75, 3.05) is 5.88 Å². The number of carbonyl (C=O) groups is 1. The molecule has 0 aromatic heterocycles. The summed E-state index contributed by atoms with van der Waals surface area (Å²) >= 11 is 11.4. The van der Waals surface area contributed by atoms with Crippen LogP contribution in [-0.4, -0.2) is 22.8 Å². The van der Waals surface area contributed by atoms with Crippen molar-refractivity contribution >= 4 is 34.8 Å². The van der Waals surface area contributed by atoms with E-state index in [1.54, 1.807) is 6.92 Å². The van der Waals surface area contributed by atoms with E-state index >= 15 is 0 Å². The molecule has 0 radical (unpaired) electrons. The van der Waals surface area contributed by atoms with Crippen LogP contribution in [0.4, 0.5) is 5.69 Å². The molecule has 104 valence electrons. The molecule has 2 atom stereocenters. The highest BCUT2D eigenvalue weighted by atomic mass is 35.5. The molecule has 1 aromatic rings. The molecule has 7 heteroatoms. The maximum absolute atomic E-state index is 12.0. The number of halogens is 2. The van der Waals surface area contributed by atoms with Gasteiger partial charge in [0.2, 0.25) is 0 Å². The lowest BCUT2D eigenvalue weighted by Gasteiger charge is -2.19. The normalized spacial score (nSPS) is 13.7. The first kappa shape index (κ1) is 15.7. The number of nitrogens with one attached hydrogen (secondary N) is 1. The summed E-state index contributed by atoms with van der Waals surface area (Å²) in [5, 5.41) is 13.8. The third kappa shape index (κ3) is 4.08. The average Bonchev–Trinajstić information content (AvgIpc) is 2.37. The highest BCUT2D eigenvalue weighted by Crippen LogP contribution is 2.23. The summed E-state index contributed by atoms with van der Waals surface area (Å²) in [6.07, 6.45) is 0. The van der Waals surface area contributed by atoms with E-state index in [1.165, 1.54) is 12.1 Å². The van der Waals surface area contributed by atoms with Crippen LogP contribution in [0.25, 0.3) is 0 Å². The van der Waals surface area contributed by atoms with E-state index in [4.69, 9.17) is 23.2 Å². The minimum absolute atomic E-state index is 0.0111. The predicted octanol–water partition coefficient (Wildman–Crippen LogP) is 3.24. The van der Waals surface area contributed by atoms with Crippen molar-refractivity contribution in [1.29, 1.82) is 0 Å². The molecular formula is C12H14Cl2N2O3. The number of nitro benzene ring substituents is 1. The first-order valence-electron chi connectivity index (χ1n) is 5.67. The SMILES string of the molecule is CC(CCl)C(C)NC(=O)c1ccc(Cl)cc1[N+](=O)[O-]. The molecule has 0 aliphatic heterocycles. The minimum Gasteiger partial charge on any atom is -0.349 e. The molecule has 0 heterocycles. The van der Waals surface area contributed by atoms with Gasteiger partial charge in [-0.2, -0.15) is 0 Å². The molecule has 0 fully saturated rings. The van der Waals surface area contributed by atoms with Crippen LogP contribution < -0.4 is 5.32 Å². The number of rotatable bonds is 5. The van der Waals surface area contributed by atoms with Crippen LogP contribution in [0, 0.1) is 16.0 Å². The summed E-state index contributed by atoms with van der Waals surface area (Å²) in [5.74, 6) is -0.0470. The van der Waals surface area contributed by atoms with Gasteiger partial charge < -0.3 is 5.32 Å². The Balaban J connectivity index is 2.97. The zero-order valence-electron chi connectivity index (χ0n) is 10.5. The van der Waals surface area contributed by atoms with Gasteiger partial charge in [0, 0.05) is 23.0 Å². The fourth-order valence-corrected chi connectivity index (χ4v) is 1.84. The summed E-state index contributed by atoms with van der Waals surface area (Å²) in [6.45, 7) is 3.68. The number of nitrogens with zero attached hydrogens (tertiary/aromatic N) is 1. The molecule has 2 unspecified atom stereocenters. The Labute approximate surface area is 121 Å². The van der Waals surface area contributed by atoms with E-state index in [9.17, 15) is 14.9 Å². The molecule has 0 aliphatic carbocycles. The van der Waals surface area contributed by atoms with Crippen molar-refractivity contribution in [3.63, 3.8) is 0 Å². The number of nitro groups is 1. The van der Waals surface area contributed by atoms with Crippen molar-refractivity contribution in [3.05, 3.63) is 38.9 Å². The van der Waals surface area contributed by atoms with Gasteiger partial charge in [-0.3, -0.25) is 14.9 Å². The summed E-state index contributed by atoms with van der Waals surface area (Å²) in [6, 6.07) is 3.76. The Kier molecular flexibility index (Phi) is 5.57. The van der Waals surface area contributed by atoms with Crippen molar-refractivity contribution < 1.29 is 9.72 Å². The number of benzene rings is 1. The first-order chi connectivity index (χ1) is 8.86. The second-order valence-corrected chi connectivity index (χ2v) is 5.06. The highest BCUT2D eigenvalue weighted by Gasteiger charge is 2.22. The molecule has 1 N–H and O–H groups in total. The van der Waals surface area contributed by atoms with Crippen molar-refractivity contribution in [2.45, 2.75) is 19.9 Å². The van der Waals surface area contributed by atoms with Gasteiger partial charge >= 0.3 is 0 Å². The van der Waals surface area contributed by atoms with Crippen LogP contribution in [0.2, 0.25) is 5.02 Å². The predicted molar refractivity (Wildman–Crippen MR) is 74.9 cm³/mol. The third-order valence-corrected chi connectivity index (χ3v) is 3.58. The van der Waals surface area contributed by atoms with E-state index in [-0.39, 0.29) is 28.2 Å². The Morgan fingerprint density at radius 1 is 1.47 bits per heavy atom. The smallest absolute Gasteiger partial charge is 0.283 e. The fourth-order valence-electron chi connectivity index (χ4n) is 1.41. The van der Waals surface area contributed by atoms with Gasteiger partial charge in [0.1, 0.15) is 5.56 Å². The van der Waals surface area contributed by atoms with Crippen LogP contribution in [0.1, 0.15) is 24.2 Å². The standard InChI is InChI=1S/C12H14Cl2N2O3/c1-7(6-13)8(2)15-12(17)10-4-3-9(14)5-11(10)16(18)19/h3-5,7-8H,6H2,1-2H3,(H,15,17). The Morgan fingerprint density at radius 2 is 2.11 bits per heavy atom. The molecule has 0 saturated carbocycles. The molecule has 5 nitrogen and oxygen atoms in total. The Morgan fingerprint density at radius 3 is 2.63 bits per heavy atom. The lowest BCUT2D eigenvalue weighted by Crippen LogP contribution is -2.37. The number of hydrogen-bond acceptors (Lipinski definition) is 3. The third-order valence-electron chi connectivity index (χ3n) is 2.86. The van der Waals surface area contributed by atoms with Crippen LogP contribution in [0.3, 0.4) is 0 Å². The highest BCUT2D eigenvalue weighted by molar-refractivity contribution is 6.31. The quantitative estimate of drug-likeness (QED) is 0.515. The Bertz CT molecular complexity index is 494. The van der Waals surface area contributed by atoms with Gasteiger partial charge in [-0.15, -0.1) is 11.6 Å². The first-order valence-corrected chi connectivity index (χ1v) is 6.58. The second kappa shape index (κ2) is 6.73. The molecule has 1 rings (SSSR count). The molecule has 1 aromatic carbocycles. The van der Waals surface area contributed by atoms with Gasteiger partial charge in [-0.25, -0.2) is 0 Å². The lowest BCUT2D eigenvalue weighted by molar-refractivity contribution is -0.385. The number of hydrogen-bond donors (Lipinski definition) is 1. The van der Waals surface area contributed by atoms with Crippen molar-refractivity contribution in [3.8, 4) is 0 Å². The van der Waals surface area contributed by atoms with E-state index in [2.05, 4.69) is 5.32 Å². The second-order valence-electron chi connectivity index (χ2n) is 4.31. The van der Waals surface area contributed by atoms with Gasteiger partial charge in [0.25, 0.3) is 11.6 Å². The molecule has 0 spiro atoms. The minimum atomic E-state index is -0.629. The van der Waals surface area contributed by atoms with Gasteiger partial charge in [-0.1, -0.05) is 18.5 Å². The summed E-state index contributed by atoms with van der Waals surface area (Å²) in [7, 11) is 0. The molecule has 0 aliphatic rings. The molecule has 19 heavy (non-hydrogen) atoms. The fraction of sp³-hybridized carbons (Fsp3) is 0.417. The van der Waals surface area contributed by atoms with Crippen LogP contribution in [0.5, 0.6) is 0 Å². The maximum atomic E-state index is 12.0. The maximum Gasteiger partial charge on any atom is 0.283 e. The molecular weight excluding hydrogens is 291 g/mol. The average molecular weight is 305 g/mol. The van der Waals surface area contributed by atoms with E-state index in [0.29, 0.717) is 5.88 Å². The summed E-state index contributed by atoms with van der Waals surface area (Å²) < 4.78 is 0.